The lowest BCUT2D eigenvalue weighted by Crippen LogP contribution is -2.59. The highest BCUT2D eigenvalue weighted by molar-refractivity contribution is 5.91. The number of esters is 1. The van der Waals surface area contributed by atoms with E-state index in [1.807, 2.05) is 33.8 Å². The number of hydrogen-bond donors (Lipinski definition) is 1. The second kappa shape index (κ2) is 14.0. The molecule has 0 spiro atoms. The minimum Gasteiger partial charge on any atom is -0.463 e. The summed E-state index contributed by atoms with van der Waals surface area (Å²) in [5.74, 6) is -0.469. The fourth-order valence-electron chi connectivity index (χ4n) is 5.54. The number of rotatable bonds is 10. The lowest BCUT2D eigenvalue weighted by Gasteiger charge is -2.42. The summed E-state index contributed by atoms with van der Waals surface area (Å²) in [6, 6.07) is -0.561. The molecule has 1 aliphatic carbocycles. The van der Waals surface area contributed by atoms with E-state index in [1.54, 1.807) is 25.8 Å². The van der Waals surface area contributed by atoms with Gasteiger partial charge in [0.2, 0.25) is 11.8 Å². The number of ether oxygens (including phenoxy) is 1. The summed E-state index contributed by atoms with van der Waals surface area (Å²) < 4.78 is 5.12. The van der Waals surface area contributed by atoms with Crippen molar-refractivity contribution < 1.29 is 19.1 Å². The van der Waals surface area contributed by atoms with Crippen LogP contribution in [-0.2, 0) is 19.1 Å². The third kappa shape index (κ3) is 8.06. The minimum absolute atomic E-state index is 0.0185. The average molecular weight is 492 g/mol. The van der Waals surface area contributed by atoms with Gasteiger partial charge in [-0.3, -0.25) is 14.5 Å². The van der Waals surface area contributed by atoms with Crippen LogP contribution in [0.1, 0.15) is 92.9 Å². The standard InChI is InChI=1S/C28H49N3O4/c1-8-35-28(34)21(6)18-24(19(2)3)30(7)27(33)25(20(4)5)29-26(32)23-16-12-13-17-31(23)22-14-10-9-11-15-22/h18-20,22-25H,8-17H2,1-7H3,(H,29,32)/b21-18+/t23?,24-,25+/m1/s1. The summed E-state index contributed by atoms with van der Waals surface area (Å²) in [4.78, 5) is 43.5. The van der Waals surface area contributed by atoms with Crippen LogP contribution in [-0.4, -0.2) is 72.0 Å². The molecule has 0 bridgehead atoms. The minimum atomic E-state index is -0.611. The molecule has 2 amide bonds. The molecule has 0 aromatic rings. The Morgan fingerprint density at radius 3 is 2.20 bits per heavy atom. The number of carbonyl (C=O) groups excluding carboxylic acids is 3. The molecule has 7 heteroatoms. The van der Waals surface area contributed by atoms with E-state index < -0.39 is 6.04 Å². The Bertz CT molecular complexity index is 742. The summed E-state index contributed by atoms with van der Waals surface area (Å²) in [5, 5.41) is 3.14. The zero-order valence-electron chi connectivity index (χ0n) is 23.1. The Labute approximate surface area is 213 Å². The molecule has 1 heterocycles. The number of amides is 2. The molecule has 0 aromatic heterocycles. The van der Waals surface area contributed by atoms with Gasteiger partial charge in [-0.1, -0.05) is 59.5 Å². The van der Waals surface area contributed by atoms with E-state index in [2.05, 4.69) is 10.2 Å². The van der Waals surface area contributed by atoms with Crippen LogP contribution in [0.15, 0.2) is 11.6 Å². The van der Waals surface area contributed by atoms with Gasteiger partial charge in [0, 0.05) is 18.7 Å². The van der Waals surface area contributed by atoms with Gasteiger partial charge in [0.15, 0.2) is 0 Å². The zero-order valence-corrected chi connectivity index (χ0v) is 23.1. The second-order valence-electron chi connectivity index (χ2n) is 11.0. The fraction of sp³-hybridized carbons (Fsp3) is 0.821. The van der Waals surface area contributed by atoms with Gasteiger partial charge in [-0.25, -0.2) is 4.79 Å². The van der Waals surface area contributed by atoms with Gasteiger partial charge >= 0.3 is 5.97 Å². The van der Waals surface area contributed by atoms with Crippen LogP contribution in [0.25, 0.3) is 0 Å². The van der Waals surface area contributed by atoms with Gasteiger partial charge in [0.1, 0.15) is 6.04 Å². The summed E-state index contributed by atoms with van der Waals surface area (Å²) in [5.41, 5.74) is 0.487. The van der Waals surface area contributed by atoms with Gasteiger partial charge in [0.05, 0.1) is 18.7 Å². The van der Waals surface area contributed by atoms with Crippen molar-refractivity contribution in [2.45, 2.75) is 117 Å². The number of carbonyl (C=O) groups is 3. The second-order valence-corrected chi connectivity index (χ2v) is 11.0. The Kier molecular flexibility index (Phi) is 11.7. The Morgan fingerprint density at radius 2 is 1.63 bits per heavy atom. The monoisotopic (exact) mass is 491 g/mol. The van der Waals surface area contributed by atoms with E-state index in [0.717, 1.165) is 25.8 Å². The topological polar surface area (TPSA) is 79.0 Å². The zero-order chi connectivity index (χ0) is 26.1. The predicted molar refractivity (Wildman–Crippen MR) is 140 cm³/mol. The first kappa shape index (κ1) is 29.3. The number of hydrogen-bond acceptors (Lipinski definition) is 5. The molecule has 2 fully saturated rings. The van der Waals surface area contributed by atoms with Crippen LogP contribution >= 0.6 is 0 Å². The van der Waals surface area contributed by atoms with Crippen LogP contribution in [0.2, 0.25) is 0 Å². The van der Waals surface area contributed by atoms with Crippen molar-refractivity contribution in [2.24, 2.45) is 11.8 Å². The molecule has 2 rings (SSSR count). The van der Waals surface area contributed by atoms with Crippen LogP contribution in [0.4, 0.5) is 0 Å². The SMILES string of the molecule is CCOC(=O)/C(C)=C/[C@H](C(C)C)N(C)C(=O)[C@@H](NC(=O)C1CCCCN1C1CCCCC1)C(C)C. The van der Waals surface area contributed by atoms with Crippen molar-refractivity contribution in [3.63, 3.8) is 0 Å². The molecule has 7 nitrogen and oxygen atoms in total. The van der Waals surface area contributed by atoms with Crippen molar-refractivity contribution >= 4 is 17.8 Å². The largest absolute Gasteiger partial charge is 0.463 e. The highest BCUT2D eigenvalue weighted by Gasteiger charge is 2.37. The summed E-state index contributed by atoms with van der Waals surface area (Å²) >= 11 is 0. The molecule has 2 aliphatic rings. The van der Waals surface area contributed by atoms with Crippen molar-refractivity contribution in [3.8, 4) is 0 Å². The third-order valence-electron chi connectivity index (χ3n) is 7.62. The average Bonchev–Trinajstić information content (AvgIpc) is 2.85. The quantitative estimate of drug-likeness (QED) is 0.364. The summed E-state index contributed by atoms with van der Waals surface area (Å²) in [6.07, 6.45) is 11.0. The van der Waals surface area contributed by atoms with E-state index in [1.165, 1.54) is 32.1 Å². The van der Waals surface area contributed by atoms with Crippen LogP contribution in [0.5, 0.6) is 0 Å². The van der Waals surface area contributed by atoms with E-state index >= 15 is 0 Å². The molecule has 1 N–H and O–H groups in total. The maximum absolute atomic E-state index is 13.7. The first-order valence-electron chi connectivity index (χ1n) is 13.8. The Balaban J connectivity index is 2.17. The van der Waals surface area contributed by atoms with Crippen molar-refractivity contribution in [1.29, 1.82) is 0 Å². The van der Waals surface area contributed by atoms with Crippen LogP contribution < -0.4 is 5.32 Å². The number of likely N-dealkylation sites (N-methyl/N-ethyl adjacent to an activating group) is 1. The summed E-state index contributed by atoms with van der Waals surface area (Å²) in [6.45, 7) is 12.8. The van der Waals surface area contributed by atoms with Gasteiger partial charge in [0.25, 0.3) is 0 Å². The third-order valence-corrected chi connectivity index (χ3v) is 7.62. The lowest BCUT2D eigenvalue weighted by atomic mass is 9.89. The van der Waals surface area contributed by atoms with Crippen molar-refractivity contribution in [1.82, 2.24) is 15.1 Å². The molecule has 35 heavy (non-hydrogen) atoms. The first-order valence-corrected chi connectivity index (χ1v) is 13.8. The molecule has 200 valence electrons. The highest BCUT2D eigenvalue weighted by Crippen LogP contribution is 2.29. The van der Waals surface area contributed by atoms with E-state index in [0.29, 0.717) is 18.2 Å². The molecule has 1 unspecified atom stereocenters. The van der Waals surface area contributed by atoms with Gasteiger partial charge < -0.3 is 15.0 Å². The summed E-state index contributed by atoms with van der Waals surface area (Å²) in [7, 11) is 1.76. The van der Waals surface area contributed by atoms with Crippen molar-refractivity contribution in [2.75, 3.05) is 20.2 Å². The maximum atomic E-state index is 13.7. The molecule has 1 saturated heterocycles. The Hall–Kier alpha value is -1.89. The normalized spacial score (nSPS) is 22.1. The molecular weight excluding hydrogens is 442 g/mol. The van der Waals surface area contributed by atoms with Crippen molar-refractivity contribution in [3.05, 3.63) is 11.6 Å². The predicted octanol–water partition coefficient (Wildman–Crippen LogP) is 4.31. The number of nitrogens with one attached hydrogen (secondary N) is 1. The van der Waals surface area contributed by atoms with Gasteiger partial charge in [-0.05, 0) is 57.9 Å². The molecular formula is C28H49N3O4. The van der Waals surface area contributed by atoms with E-state index in [-0.39, 0.29) is 41.7 Å². The van der Waals surface area contributed by atoms with Gasteiger partial charge in [-0.2, -0.15) is 0 Å². The molecule has 3 atom stereocenters. The number of piperidine rings is 1. The molecule has 0 radical (unpaired) electrons. The number of nitrogens with zero attached hydrogens (tertiary/aromatic N) is 2. The van der Waals surface area contributed by atoms with E-state index in [4.69, 9.17) is 4.74 Å². The first-order chi connectivity index (χ1) is 16.6. The molecule has 1 aliphatic heterocycles. The highest BCUT2D eigenvalue weighted by atomic mass is 16.5. The lowest BCUT2D eigenvalue weighted by molar-refractivity contribution is -0.140. The Morgan fingerprint density at radius 1 is 1.00 bits per heavy atom. The van der Waals surface area contributed by atoms with Crippen LogP contribution in [0.3, 0.4) is 0 Å². The fourth-order valence-corrected chi connectivity index (χ4v) is 5.54. The van der Waals surface area contributed by atoms with Gasteiger partial charge in [-0.15, -0.1) is 0 Å². The van der Waals surface area contributed by atoms with Crippen LogP contribution in [0, 0.1) is 11.8 Å². The molecule has 1 saturated carbocycles. The smallest absolute Gasteiger partial charge is 0.333 e. The molecule has 0 aromatic carbocycles. The van der Waals surface area contributed by atoms with E-state index in [9.17, 15) is 14.4 Å². The maximum Gasteiger partial charge on any atom is 0.333 e. The number of likely N-dealkylation sites (tertiary alicyclic amines) is 1.